The van der Waals surface area contributed by atoms with E-state index in [-0.39, 0.29) is 11.9 Å². The number of amides is 1. The van der Waals surface area contributed by atoms with Crippen LogP contribution in [0.2, 0.25) is 0 Å². The van der Waals surface area contributed by atoms with Crippen LogP contribution in [0.15, 0.2) is 67.0 Å². The van der Waals surface area contributed by atoms with Crippen LogP contribution in [-0.2, 0) is 0 Å². The number of fused-ring (bicyclic) bond motifs is 1. The van der Waals surface area contributed by atoms with Crippen LogP contribution in [0.3, 0.4) is 0 Å². The minimum Gasteiger partial charge on any atom is -0.328 e. The summed E-state index contributed by atoms with van der Waals surface area (Å²) in [6.07, 6.45) is 11.0. The Morgan fingerprint density at radius 1 is 1.19 bits per heavy atom. The van der Waals surface area contributed by atoms with Crippen LogP contribution in [0.25, 0.3) is 22.2 Å². The van der Waals surface area contributed by atoms with Crippen molar-refractivity contribution in [3.05, 3.63) is 72.6 Å². The molecule has 0 unspecified atom stereocenters. The molecule has 4 rings (SSSR count). The summed E-state index contributed by atoms with van der Waals surface area (Å²) in [5, 5.41) is 0.904. The molecule has 1 aliphatic heterocycles. The third kappa shape index (κ3) is 3.47. The predicted molar refractivity (Wildman–Crippen MR) is 108 cm³/mol. The van der Waals surface area contributed by atoms with Gasteiger partial charge in [-0.3, -0.25) is 9.78 Å². The predicted octanol–water partition coefficient (Wildman–Crippen LogP) is 4.87. The van der Waals surface area contributed by atoms with Crippen molar-refractivity contribution in [1.29, 1.82) is 0 Å². The number of para-hydroxylation sites is 1. The highest BCUT2D eigenvalue weighted by molar-refractivity contribution is 6.07. The molecule has 4 heteroatoms. The van der Waals surface area contributed by atoms with E-state index in [9.17, 15) is 4.79 Å². The number of hydrogen-bond acceptors (Lipinski definition) is 3. The lowest BCUT2D eigenvalue weighted by Gasteiger charge is -2.25. The van der Waals surface area contributed by atoms with Gasteiger partial charge in [0.2, 0.25) is 0 Å². The highest BCUT2D eigenvalue weighted by Crippen LogP contribution is 2.27. The third-order valence-electron chi connectivity index (χ3n) is 5.10. The van der Waals surface area contributed by atoms with Crippen molar-refractivity contribution < 1.29 is 4.79 Å². The van der Waals surface area contributed by atoms with Gasteiger partial charge in [-0.2, -0.15) is 0 Å². The lowest BCUT2D eigenvalue weighted by atomic mass is 10.0. The highest BCUT2D eigenvalue weighted by atomic mass is 16.2. The molecule has 0 N–H and O–H groups in total. The molecule has 1 amide bonds. The minimum atomic E-state index is 0.0787. The van der Waals surface area contributed by atoms with Crippen LogP contribution in [0.1, 0.15) is 36.5 Å². The van der Waals surface area contributed by atoms with E-state index >= 15 is 0 Å². The van der Waals surface area contributed by atoms with Crippen molar-refractivity contribution in [2.75, 3.05) is 6.54 Å². The van der Waals surface area contributed by atoms with Crippen molar-refractivity contribution >= 4 is 16.8 Å². The molecule has 3 heterocycles. The van der Waals surface area contributed by atoms with Gasteiger partial charge in [-0.25, -0.2) is 4.98 Å². The molecule has 1 aliphatic rings. The molecule has 4 nitrogen and oxygen atoms in total. The molecule has 0 saturated carbocycles. The second-order valence-corrected chi connectivity index (χ2v) is 6.90. The molecule has 1 atom stereocenters. The van der Waals surface area contributed by atoms with Crippen molar-refractivity contribution in [1.82, 2.24) is 14.9 Å². The zero-order valence-electron chi connectivity index (χ0n) is 15.5. The number of hydrogen-bond donors (Lipinski definition) is 0. The molecule has 0 saturated heterocycles. The molecular weight excluding hydrogens is 334 g/mol. The van der Waals surface area contributed by atoms with Crippen molar-refractivity contribution in [3.8, 4) is 11.3 Å². The lowest BCUT2D eigenvalue weighted by Crippen LogP contribution is -2.36. The molecule has 2 aromatic heterocycles. The minimum absolute atomic E-state index is 0.0787. The van der Waals surface area contributed by atoms with Crippen LogP contribution < -0.4 is 0 Å². The Hall–Kier alpha value is -3.01. The van der Waals surface area contributed by atoms with E-state index in [4.69, 9.17) is 4.98 Å². The highest BCUT2D eigenvalue weighted by Gasteiger charge is 2.27. The average Bonchev–Trinajstić information content (AvgIpc) is 3.20. The Balaban J connectivity index is 1.77. The zero-order chi connectivity index (χ0) is 18.6. The summed E-state index contributed by atoms with van der Waals surface area (Å²) in [5.41, 5.74) is 3.33. The third-order valence-corrected chi connectivity index (χ3v) is 5.10. The first-order chi connectivity index (χ1) is 13.3. The topological polar surface area (TPSA) is 46.1 Å². The van der Waals surface area contributed by atoms with E-state index in [0.29, 0.717) is 6.54 Å². The van der Waals surface area contributed by atoms with Crippen LogP contribution in [0.5, 0.6) is 0 Å². The van der Waals surface area contributed by atoms with Crippen LogP contribution in [-0.4, -0.2) is 33.4 Å². The van der Waals surface area contributed by atoms with Gasteiger partial charge in [0.25, 0.3) is 5.91 Å². The number of unbranched alkanes of at least 4 members (excludes halogenated alkanes) is 1. The smallest absolute Gasteiger partial charge is 0.255 e. The molecule has 0 spiro atoms. The normalized spacial score (nSPS) is 16.2. The molecule has 0 aliphatic carbocycles. The number of pyridine rings is 2. The molecule has 3 aromatic rings. The van der Waals surface area contributed by atoms with E-state index in [1.54, 1.807) is 12.4 Å². The van der Waals surface area contributed by atoms with E-state index in [1.807, 2.05) is 47.4 Å². The van der Waals surface area contributed by atoms with Crippen LogP contribution in [0, 0.1) is 0 Å². The first-order valence-electron chi connectivity index (χ1n) is 9.55. The summed E-state index contributed by atoms with van der Waals surface area (Å²) >= 11 is 0. The molecular formula is C23H23N3O. The van der Waals surface area contributed by atoms with Gasteiger partial charge < -0.3 is 4.90 Å². The van der Waals surface area contributed by atoms with Crippen molar-refractivity contribution in [2.24, 2.45) is 0 Å². The van der Waals surface area contributed by atoms with Gasteiger partial charge in [-0.05, 0) is 30.7 Å². The first kappa shape index (κ1) is 17.4. The van der Waals surface area contributed by atoms with E-state index in [2.05, 4.69) is 24.1 Å². The number of carbonyl (C=O) groups excluding carboxylic acids is 1. The van der Waals surface area contributed by atoms with E-state index in [0.717, 1.165) is 47.0 Å². The molecule has 0 fully saturated rings. The number of benzene rings is 1. The molecule has 136 valence electrons. The van der Waals surface area contributed by atoms with Gasteiger partial charge in [0.05, 0.1) is 22.8 Å². The van der Waals surface area contributed by atoms with Gasteiger partial charge in [0.15, 0.2) is 0 Å². The van der Waals surface area contributed by atoms with Gasteiger partial charge in [0.1, 0.15) is 0 Å². The maximum absolute atomic E-state index is 13.5. The fourth-order valence-electron chi connectivity index (χ4n) is 3.65. The summed E-state index contributed by atoms with van der Waals surface area (Å²) in [5.74, 6) is 0.0787. The maximum Gasteiger partial charge on any atom is 0.255 e. The zero-order valence-corrected chi connectivity index (χ0v) is 15.5. The Labute approximate surface area is 159 Å². The maximum atomic E-state index is 13.5. The summed E-state index contributed by atoms with van der Waals surface area (Å²) in [6.45, 7) is 2.86. The largest absolute Gasteiger partial charge is 0.328 e. The average molecular weight is 357 g/mol. The number of carbonyl (C=O) groups is 1. The Morgan fingerprint density at radius 2 is 2.00 bits per heavy atom. The number of aromatic nitrogens is 2. The molecule has 27 heavy (non-hydrogen) atoms. The Morgan fingerprint density at radius 3 is 2.81 bits per heavy atom. The summed E-state index contributed by atoms with van der Waals surface area (Å²) in [6, 6.07) is 13.8. The number of nitrogens with zero attached hydrogens (tertiary/aromatic N) is 3. The van der Waals surface area contributed by atoms with Gasteiger partial charge in [0, 0.05) is 29.9 Å². The van der Waals surface area contributed by atoms with Gasteiger partial charge in [-0.15, -0.1) is 0 Å². The van der Waals surface area contributed by atoms with Crippen LogP contribution in [0.4, 0.5) is 0 Å². The monoisotopic (exact) mass is 357 g/mol. The van der Waals surface area contributed by atoms with Crippen molar-refractivity contribution in [2.45, 2.75) is 32.2 Å². The second kappa shape index (κ2) is 7.70. The Kier molecular flexibility index (Phi) is 4.97. The van der Waals surface area contributed by atoms with Gasteiger partial charge in [-0.1, -0.05) is 50.1 Å². The fourth-order valence-corrected chi connectivity index (χ4v) is 3.65. The first-order valence-corrected chi connectivity index (χ1v) is 9.55. The van der Waals surface area contributed by atoms with Crippen molar-refractivity contribution in [3.63, 3.8) is 0 Å². The number of rotatable bonds is 5. The quantitative estimate of drug-likeness (QED) is 0.612. The van der Waals surface area contributed by atoms with Gasteiger partial charge >= 0.3 is 0 Å². The molecule has 1 aromatic carbocycles. The Bertz CT molecular complexity index is 981. The van der Waals surface area contributed by atoms with Crippen LogP contribution >= 0.6 is 0 Å². The fraction of sp³-hybridized carbons (Fsp3) is 0.261. The standard InChI is InChI=1S/C23H23N3O/c1-2-3-7-18-8-6-15-26(18)23(27)20-16-22(17-11-13-24-14-12-17)25-21-10-5-4-9-19(20)21/h4-6,8-14,16,18H,2-3,7,15H2,1H3/t18-/m1/s1. The second-order valence-electron chi connectivity index (χ2n) is 6.90. The summed E-state index contributed by atoms with van der Waals surface area (Å²) < 4.78 is 0. The van der Waals surface area contributed by atoms with E-state index < -0.39 is 0 Å². The summed E-state index contributed by atoms with van der Waals surface area (Å²) in [7, 11) is 0. The summed E-state index contributed by atoms with van der Waals surface area (Å²) in [4.78, 5) is 24.3. The molecule has 0 radical (unpaired) electrons. The molecule has 0 bridgehead atoms. The lowest BCUT2D eigenvalue weighted by molar-refractivity contribution is 0.0745. The van der Waals surface area contributed by atoms with E-state index in [1.165, 1.54) is 0 Å². The SMILES string of the molecule is CCCC[C@@H]1C=CCN1C(=O)c1cc(-c2ccncc2)nc2ccccc12.